The molecule has 5 nitrogen and oxygen atoms in total. The van der Waals surface area contributed by atoms with E-state index < -0.39 is 27.3 Å². The van der Waals surface area contributed by atoms with Crippen molar-refractivity contribution in [2.24, 2.45) is 0 Å². The molecule has 0 bridgehead atoms. The molecule has 0 fully saturated rings. The van der Waals surface area contributed by atoms with Gasteiger partial charge in [0.05, 0.1) is 0 Å². The molecule has 0 aliphatic carbocycles. The van der Waals surface area contributed by atoms with Crippen LogP contribution in [-0.2, 0) is 20.4 Å². The molecular weight excluding hydrogens is 242 g/mol. The molecule has 100 valence electrons. The molecule has 0 radical (unpaired) electrons. The lowest BCUT2D eigenvalue weighted by Crippen LogP contribution is -2.41. The second-order valence-electron chi connectivity index (χ2n) is 3.85. The van der Waals surface area contributed by atoms with Gasteiger partial charge in [-0.25, -0.2) is 0 Å². The van der Waals surface area contributed by atoms with Gasteiger partial charge in [0.1, 0.15) is 10.5 Å². The van der Waals surface area contributed by atoms with Gasteiger partial charge in [-0.2, -0.15) is 0 Å². The van der Waals surface area contributed by atoms with E-state index in [9.17, 15) is 13.8 Å². The molecule has 17 heavy (non-hydrogen) atoms. The van der Waals surface area contributed by atoms with E-state index in [-0.39, 0.29) is 12.3 Å². The molecule has 0 rings (SSSR count). The van der Waals surface area contributed by atoms with Crippen LogP contribution < -0.4 is 5.32 Å². The smallest absolute Gasteiger partial charge is 0.319 e. The highest BCUT2D eigenvalue weighted by atomic mass is 32.2. The first-order chi connectivity index (χ1) is 7.95. The summed E-state index contributed by atoms with van der Waals surface area (Å²) in [4.78, 5) is 22.4. The number of carboxylic acids is 1. The lowest BCUT2D eigenvalue weighted by Gasteiger charge is -2.16. The van der Waals surface area contributed by atoms with E-state index in [0.29, 0.717) is 6.54 Å². The van der Waals surface area contributed by atoms with Crippen molar-refractivity contribution in [1.29, 1.82) is 0 Å². The van der Waals surface area contributed by atoms with Gasteiger partial charge in [-0.1, -0.05) is 20.3 Å². The van der Waals surface area contributed by atoms with Crippen molar-refractivity contribution in [2.45, 2.75) is 50.5 Å². The molecule has 1 amide bonds. The molecule has 0 heterocycles. The highest BCUT2D eigenvalue weighted by Crippen LogP contribution is 2.08. The monoisotopic (exact) mass is 263 g/mol. The van der Waals surface area contributed by atoms with Crippen LogP contribution in [0.1, 0.15) is 40.0 Å². The van der Waals surface area contributed by atoms with Crippen molar-refractivity contribution in [2.75, 3.05) is 6.54 Å². The van der Waals surface area contributed by atoms with Gasteiger partial charge in [0.15, 0.2) is 0 Å². The van der Waals surface area contributed by atoms with E-state index in [0.717, 1.165) is 12.8 Å². The summed E-state index contributed by atoms with van der Waals surface area (Å²) in [7, 11) is -1.68. The van der Waals surface area contributed by atoms with Crippen molar-refractivity contribution < 1.29 is 18.9 Å². The highest BCUT2D eigenvalue weighted by molar-refractivity contribution is 7.87. The lowest BCUT2D eigenvalue weighted by molar-refractivity contribution is -0.136. The molecule has 0 saturated carbocycles. The Balaban J connectivity index is 4.37. The summed E-state index contributed by atoms with van der Waals surface area (Å²) in [6.07, 6.45) is 2.08. The minimum Gasteiger partial charge on any atom is -0.480 e. The average Bonchev–Trinajstić information content (AvgIpc) is 2.28. The second-order valence-corrected chi connectivity index (χ2v) is 5.78. The maximum absolute atomic E-state index is 11.9. The van der Waals surface area contributed by atoms with E-state index in [2.05, 4.69) is 5.32 Å². The van der Waals surface area contributed by atoms with Crippen LogP contribution in [-0.4, -0.2) is 38.2 Å². The summed E-state index contributed by atoms with van der Waals surface area (Å²) in [5.74, 6) is -1.45. The fourth-order valence-electron chi connectivity index (χ4n) is 1.32. The number of amides is 1. The molecule has 0 aliphatic heterocycles. The van der Waals surface area contributed by atoms with Gasteiger partial charge in [-0.05, 0) is 19.8 Å². The molecule has 0 saturated heterocycles. The topological polar surface area (TPSA) is 83.5 Å². The summed E-state index contributed by atoms with van der Waals surface area (Å²) in [5, 5.41) is 9.77. The zero-order valence-electron chi connectivity index (χ0n) is 10.6. The number of nitrogens with one attached hydrogen (secondary N) is 1. The van der Waals surface area contributed by atoms with Gasteiger partial charge in [0.25, 0.3) is 0 Å². The Bertz CT molecular complexity index is 293. The number of rotatable bonds is 8. The minimum absolute atomic E-state index is 0.258. The second kappa shape index (κ2) is 8.22. The van der Waals surface area contributed by atoms with E-state index in [1.807, 2.05) is 6.92 Å². The maximum Gasteiger partial charge on any atom is 0.319 e. The van der Waals surface area contributed by atoms with Crippen LogP contribution in [0.2, 0.25) is 0 Å². The Morgan fingerprint density at radius 1 is 1.35 bits per heavy atom. The molecular formula is C11H21NO4S. The first-order valence-corrected chi connectivity index (χ1v) is 7.13. The van der Waals surface area contributed by atoms with E-state index in [1.54, 1.807) is 6.92 Å². The Morgan fingerprint density at radius 2 is 1.94 bits per heavy atom. The average molecular weight is 263 g/mol. The SMILES string of the molecule is CCCCNC(=O)C(C)S(=O)C(CC)C(=O)O. The third kappa shape index (κ3) is 5.30. The van der Waals surface area contributed by atoms with Crippen molar-refractivity contribution in [1.82, 2.24) is 5.32 Å². The van der Waals surface area contributed by atoms with Crippen molar-refractivity contribution in [3.05, 3.63) is 0 Å². The van der Waals surface area contributed by atoms with E-state index in [4.69, 9.17) is 5.11 Å². The molecule has 0 spiro atoms. The van der Waals surface area contributed by atoms with Crippen molar-refractivity contribution >= 4 is 22.7 Å². The molecule has 2 N–H and O–H groups in total. The third-order valence-electron chi connectivity index (χ3n) is 2.47. The van der Waals surface area contributed by atoms with E-state index >= 15 is 0 Å². The minimum atomic E-state index is -1.68. The molecule has 0 aromatic rings. The number of hydrogen-bond donors (Lipinski definition) is 2. The van der Waals surface area contributed by atoms with Crippen LogP contribution in [0, 0.1) is 0 Å². The zero-order valence-corrected chi connectivity index (χ0v) is 11.4. The van der Waals surface area contributed by atoms with Gasteiger partial charge in [0.2, 0.25) is 5.91 Å². The quantitative estimate of drug-likeness (QED) is 0.637. The van der Waals surface area contributed by atoms with Crippen LogP contribution in [0.15, 0.2) is 0 Å². The summed E-state index contributed by atoms with van der Waals surface area (Å²) in [6.45, 7) is 5.70. The van der Waals surface area contributed by atoms with Crippen molar-refractivity contribution in [3.63, 3.8) is 0 Å². The largest absolute Gasteiger partial charge is 0.480 e. The summed E-state index contributed by atoms with van der Waals surface area (Å²) in [6, 6.07) is 0. The number of carboxylic acid groups (broad SMARTS) is 1. The fraction of sp³-hybridized carbons (Fsp3) is 0.818. The third-order valence-corrected chi connectivity index (χ3v) is 4.48. The Labute approximate surface area is 104 Å². The molecule has 0 aromatic carbocycles. The summed E-state index contributed by atoms with van der Waals surface area (Å²) in [5.41, 5.74) is 0. The normalized spacial score (nSPS) is 15.9. The molecule has 3 atom stereocenters. The number of carbonyl (C=O) groups is 2. The van der Waals surface area contributed by atoms with Crippen LogP contribution in [0.4, 0.5) is 0 Å². The predicted octanol–water partition coefficient (Wildman–Crippen LogP) is 0.903. The number of carbonyl (C=O) groups excluding carboxylic acids is 1. The van der Waals surface area contributed by atoms with Gasteiger partial charge in [0, 0.05) is 17.3 Å². The van der Waals surface area contributed by atoms with E-state index in [1.165, 1.54) is 6.92 Å². The Morgan fingerprint density at radius 3 is 2.35 bits per heavy atom. The fourth-order valence-corrected chi connectivity index (χ4v) is 2.64. The molecule has 6 heteroatoms. The predicted molar refractivity (Wildman–Crippen MR) is 67.2 cm³/mol. The number of hydrogen-bond acceptors (Lipinski definition) is 3. The summed E-state index contributed by atoms with van der Waals surface area (Å²) < 4.78 is 11.9. The Kier molecular flexibility index (Phi) is 7.78. The summed E-state index contributed by atoms with van der Waals surface area (Å²) >= 11 is 0. The van der Waals surface area contributed by atoms with Gasteiger partial charge in [-0.3, -0.25) is 13.8 Å². The van der Waals surface area contributed by atoms with Crippen LogP contribution in [0.25, 0.3) is 0 Å². The van der Waals surface area contributed by atoms with Crippen molar-refractivity contribution in [3.8, 4) is 0 Å². The molecule has 0 aliphatic rings. The van der Waals surface area contributed by atoms with Crippen LogP contribution in [0.3, 0.4) is 0 Å². The van der Waals surface area contributed by atoms with Gasteiger partial charge >= 0.3 is 5.97 Å². The Hall–Kier alpha value is -0.910. The lowest BCUT2D eigenvalue weighted by atomic mass is 10.3. The molecule has 3 unspecified atom stereocenters. The van der Waals surface area contributed by atoms with Crippen LogP contribution >= 0.6 is 0 Å². The highest BCUT2D eigenvalue weighted by Gasteiger charge is 2.30. The first-order valence-electron chi connectivity index (χ1n) is 5.85. The number of unbranched alkanes of at least 4 members (excludes halogenated alkanes) is 1. The van der Waals surface area contributed by atoms with Gasteiger partial charge < -0.3 is 10.4 Å². The van der Waals surface area contributed by atoms with Gasteiger partial charge in [-0.15, -0.1) is 0 Å². The maximum atomic E-state index is 11.9. The first kappa shape index (κ1) is 16.1. The van der Waals surface area contributed by atoms with Crippen LogP contribution in [0.5, 0.6) is 0 Å². The molecule has 0 aromatic heterocycles. The number of aliphatic carboxylic acids is 1. The standard InChI is InChI=1S/C11H21NO4S/c1-4-6-7-12-10(13)8(3)17(16)9(5-2)11(14)15/h8-9H,4-7H2,1-3H3,(H,12,13)(H,14,15). The zero-order chi connectivity index (χ0) is 13.4.